The number of piperidine rings is 1. The summed E-state index contributed by atoms with van der Waals surface area (Å²) in [4.78, 5) is 28.0. The maximum Gasteiger partial charge on any atom is 0.328 e. The van der Waals surface area contributed by atoms with Crippen LogP contribution in [0.25, 0.3) is 10.9 Å². The third-order valence-corrected chi connectivity index (χ3v) is 6.54. The van der Waals surface area contributed by atoms with Crippen molar-refractivity contribution in [3.63, 3.8) is 0 Å². The number of anilines is 1. The highest BCUT2D eigenvalue weighted by molar-refractivity contribution is 6.09. The van der Waals surface area contributed by atoms with E-state index in [1.807, 2.05) is 18.3 Å². The van der Waals surface area contributed by atoms with E-state index < -0.39 is 0 Å². The van der Waals surface area contributed by atoms with E-state index in [4.69, 9.17) is 5.10 Å². The van der Waals surface area contributed by atoms with Gasteiger partial charge in [0.1, 0.15) is 0 Å². The number of amides is 3. The standard InChI is InChI=1S/C21H28N6O2/c28-20-7-11-26(21(29)24-20)18-2-1-3-19-17(18)13-23-27(19)16-5-9-25(10-6-16)14-15-4-8-22-12-15/h1-3,13,15-16,22H,4-12,14H2,(H,24,28,29)/t15-/m0/s1. The minimum atomic E-state index is -0.351. The molecule has 3 fully saturated rings. The second kappa shape index (κ2) is 7.76. The number of fused-ring (bicyclic) bond motifs is 1. The molecule has 1 aromatic heterocycles. The lowest BCUT2D eigenvalue weighted by Crippen LogP contribution is -2.49. The molecular formula is C21H28N6O2. The molecule has 0 bridgehead atoms. The first-order valence-corrected chi connectivity index (χ1v) is 10.7. The lowest BCUT2D eigenvalue weighted by molar-refractivity contribution is -0.120. The molecule has 2 aromatic rings. The van der Waals surface area contributed by atoms with Crippen LogP contribution in [0, 0.1) is 5.92 Å². The molecule has 3 amide bonds. The minimum absolute atomic E-state index is 0.214. The van der Waals surface area contributed by atoms with Gasteiger partial charge in [-0.3, -0.25) is 19.7 Å². The van der Waals surface area contributed by atoms with Gasteiger partial charge in [0.05, 0.1) is 23.4 Å². The summed E-state index contributed by atoms with van der Waals surface area (Å²) in [6.07, 6.45) is 5.68. The lowest BCUT2D eigenvalue weighted by atomic mass is 10.0. The van der Waals surface area contributed by atoms with Crippen LogP contribution >= 0.6 is 0 Å². The number of carbonyl (C=O) groups excluding carboxylic acids is 2. The van der Waals surface area contributed by atoms with E-state index in [-0.39, 0.29) is 11.9 Å². The molecule has 3 aliphatic heterocycles. The Bertz CT molecular complexity index is 911. The largest absolute Gasteiger partial charge is 0.328 e. The summed E-state index contributed by atoms with van der Waals surface area (Å²) in [5.74, 6) is 0.580. The molecule has 5 rings (SSSR count). The number of carbonyl (C=O) groups is 2. The molecule has 0 aliphatic carbocycles. The molecule has 29 heavy (non-hydrogen) atoms. The molecule has 3 saturated heterocycles. The molecule has 4 heterocycles. The van der Waals surface area contributed by atoms with Crippen molar-refractivity contribution >= 4 is 28.5 Å². The number of hydrogen-bond acceptors (Lipinski definition) is 5. The Kier molecular flexibility index (Phi) is 4.97. The van der Waals surface area contributed by atoms with Gasteiger partial charge in [0.25, 0.3) is 0 Å². The third kappa shape index (κ3) is 3.62. The van der Waals surface area contributed by atoms with Gasteiger partial charge in [0.15, 0.2) is 0 Å². The second-order valence-electron chi connectivity index (χ2n) is 8.44. The summed E-state index contributed by atoms with van der Waals surface area (Å²) in [5, 5.41) is 11.5. The number of urea groups is 1. The van der Waals surface area contributed by atoms with E-state index in [1.165, 1.54) is 13.0 Å². The van der Waals surface area contributed by atoms with Crippen molar-refractivity contribution in [3.05, 3.63) is 24.4 Å². The lowest BCUT2D eigenvalue weighted by Gasteiger charge is -2.33. The molecule has 0 saturated carbocycles. The van der Waals surface area contributed by atoms with E-state index in [0.29, 0.717) is 19.0 Å². The van der Waals surface area contributed by atoms with Crippen molar-refractivity contribution in [2.75, 3.05) is 44.2 Å². The van der Waals surface area contributed by atoms with Crippen LogP contribution in [0.5, 0.6) is 0 Å². The van der Waals surface area contributed by atoms with Crippen LogP contribution in [-0.2, 0) is 4.79 Å². The Hall–Kier alpha value is -2.45. The summed E-state index contributed by atoms with van der Waals surface area (Å²) in [5.41, 5.74) is 1.88. The van der Waals surface area contributed by atoms with E-state index in [9.17, 15) is 9.59 Å². The molecule has 1 atom stereocenters. The first-order chi connectivity index (χ1) is 14.2. The molecule has 0 radical (unpaired) electrons. The van der Waals surface area contributed by atoms with Crippen LogP contribution in [0.4, 0.5) is 10.5 Å². The quantitative estimate of drug-likeness (QED) is 0.823. The maximum absolute atomic E-state index is 12.3. The maximum atomic E-state index is 12.3. The first kappa shape index (κ1) is 18.6. The fraction of sp³-hybridized carbons (Fsp3) is 0.571. The smallest absolute Gasteiger partial charge is 0.316 e. The van der Waals surface area contributed by atoms with Crippen LogP contribution in [0.1, 0.15) is 31.7 Å². The monoisotopic (exact) mass is 396 g/mol. The van der Waals surface area contributed by atoms with E-state index in [2.05, 4.69) is 26.3 Å². The summed E-state index contributed by atoms with van der Waals surface area (Å²) in [6.45, 7) is 6.14. The van der Waals surface area contributed by atoms with Gasteiger partial charge in [-0.05, 0) is 50.4 Å². The predicted octanol–water partition coefficient (Wildman–Crippen LogP) is 1.73. The number of nitrogens with zero attached hydrogens (tertiary/aromatic N) is 4. The van der Waals surface area contributed by atoms with Crippen LogP contribution in [0.2, 0.25) is 0 Å². The van der Waals surface area contributed by atoms with Gasteiger partial charge in [0.2, 0.25) is 5.91 Å². The van der Waals surface area contributed by atoms with E-state index in [0.717, 1.165) is 61.5 Å². The number of hydrogen-bond donors (Lipinski definition) is 2. The Labute approximate surface area is 170 Å². The topological polar surface area (TPSA) is 82.5 Å². The Morgan fingerprint density at radius 1 is 1.10 bits per heavy atom. The highest BCUT2D eigenvalue weighted by Gasteiger charge is 2.28. The zero-order valence-corrected chi connectivity index (χ0v) is 16.6. The average Bonchev–Trinajstić information content (AvgIpc) is 3.38. The fourth-order valence-corrected chi connectivity index (χ4v) is 4.96. The van der Waals surface area contributed by atoms with Gasteiger partial charge in [-0.1, -0.05) is 6.07 Å². The van der Waals surface area contributed by atoms with Crippen molar-refractivity contribution in [1.82, 2.24) is 25.3 Å². The van der Waals surface area contributed by atoms with Gasteiger partial charge >= 0.3 is 6.03 Å². The van der Waals surface area contributed by atoms with Gasteiger partial charge in [0, 0.05) is 38.0 Å². The second-order valence-corrected chi connectivity index (χ2v) is 8.44. The SMILES string of the molecule is O=C1CCN(c2cccc3c2cnn3C2CCN(C[C@H]3CCNC3)CC2)C(=O)N1. The highest BCUT2D eigenvalue weighted by Crippen LogP contribution is 2.32. The third-order valence-electron chi connectivity index (χ3n) is 6.54. The molecule has 0 spiro atoms. The van der Waals surface area contributed by atoms with Crippen molar-refractivity contribution in [2.24, 2.45) is 5.92 Å². The summed E-state index contributed by atoms with van der Waals surface area (Å²) < 4.78 is 2.14. The number of benzene rings is 1. The van der Waals surface area contributed by atoms with E-state index in [1.54, 1.807) is 4.90 Å². The van der Waals surface area contributed by atoms with Gasteiger partial charge < -0.3 is 10.2 Å². The van der Waals surface area contributed by atoms with Gasteiger partial charge in [-0.25, -0.2) is 4.79 Å². The molecule has 0 unspecified atom stereocenters. The summed E-state index contributed by atoms with van der Waals surface area (Å²) in [7, 11) is 0. The van der Waals surface area contributed by atoms with Crippen molar-refractivity contribution in [3.8, 4) is 0 Å². The van der Waals surface area contributed by atoms with Gasteiger partial charge in [-0.2, -0.15) is 5.10 Å². The fourth-order valence-electron chi connectivity index (χ4n) is 4.96. The molecule has 154 valence electrons. The van der Waals surface area contributed by atoms with Crippen molar-refractivity contribution in [1.29, 1.82) is 0 Å². The zero-order chi connectivity index (χ0) is 19.8. The van der Waals surface area contributed by atoms with Crippen LogP contribution in [-0.4, -0.2) is 65.9 Å². The molecular weight excluding hydrogens is 368 g/mol. The molecule has 8 nitrogen and oxygen atoms in total. The van der Waals surface area contributed by atoms with Crippen molar-refractivity contribution < 1.29 is 9.59 Å². The first-order valence-electron chi connectivity index (χ1n) is 10.7. The number of imide groups is 1. The Morgan fingerprint density at radius 3 is 2.72 bits per heavy atom. The van der Waals surface area contributed by atoms with Gasteiger partial charge in [-0.15, -0.1) is 0 Å². The van der Waals surface area contributed by atoms with Crippen LogP contribution in [0.15, 0.2) is 24.4 Å². The number of aromatic nitrogens is 2. The minimum Gasteiger partial charge on any atom is -0.316 e. The molecule has 3 aliphatic rings. The van der Waals surface area contributed by atoms with Crippen molar-refractivity contribution in [2.45, 2.75) is 31.7 Å². The predicted molar refractivity (Wildman–Crippen MR) is 111 cm³/mol. The van der Waals surface area contributed by atoms with Crippen LogP contribution in [0.3, 0.4) is 0 Å². The van der Waals surface area contributed by atoms with E-state index >= 15 is 0 Å². The Balaban J connectivity index is 1.32. The zero-order valence-electron chi connectivity index (χ0n) is 16.6. The highest BCUT2D eigenvalue weighted by atomic mass is 16.2. The molecule has 8 heteroatoms. The molecule has 2 N–H and O–H groups in total. The number of rotatable bonds is 4. The number of likely N-dealkylation sites (tertiary alicyclic amines) is 1. The average molecular weight is 396 g/mol. The van der Waals surface area contributed by atoms with Crippen LogP contribution < -0.4 is 15.5 Å². The Morgan fingerprint density at radius 2 is 1.97 bits per heavy atom. The number of nitrogens with one attached hydrogen (secondary N) is 2. The summed E-state index contributed by atoms with van der Waals surface area (Å²) >= 11 is 0. The molecule has 1 aromatic carbocycles. The normalized spacial score (nSPS) is 24.4. The summed E-state index contributed by atoms with van der Waals surface area (Å²) in [6, 6.07) is 6.02.